The number of aliphatic hydroxyl groups excluding tert-OH is 1. The first kappa shape index (κ1) is 36.5. The Morgan fingerprint density at radius 2 is 1.61 bits per heavy atom. The van der Waals surface area contributed by atoms with Crippen LogP contribution in [0.1, 0.15) is 72.9 Å². The van der Waals surface area contributed by atoms with E-state index in [0.717, 1.165) is 22.3 Å². The monoisotopic (exact) mass is 703 g/mol. The molecule has 2 aliphatic rings. The third-order valence-corrected chi connectivity index (χ3v) is 10.3. The molecule has 6 rings (SSSR count). The molecule has 0 spiro atoms. The molecule has 2 amide bonds. The lowest BCUT2D eigenvalue weighted by Crippen LogP contribution is -2.50. The fourth-order valence-corrected chi connectivity index (χ4v) is 7.04. The first-order valence-electron chi connectivity index (χ1n) is 17.4. The van der Waals surface area contributed by atoms with Gasteiger partial charge in [-0.2, -0.15) is 13.2 Å². The maximum atomic E-state index is 13.0. The van der Waals surface area contributed by atoms with E-state index in [1.54, 1.807) is 0 Å². The second-order valence-corrected chi connectivity index (χ2v) is 13.7. The summed E-state index contributed by atoms with van der Waals surface area (Å²) < 4.78 is 52.4. The summed E-state index contributed by atoms with van der Waals surface area (Å²) in [5, 5.41) is 14.7. The number of hydrogen-bond donors (Lipinski definition) is 2. The molecule has 0 bridgehead atoms. The van der Waals surface area contributed by atoms with E-state index in [9.17, 15) is 27.9 Å². The Morgan fingerprint density at radius 1 is 0.941 bits per heavy atom. The molecule has 6 atom stereocenters. The van der Waals surface area contributed by atoms with Gasteiger partial charge in [-0.05, 0) is 65.9 Å². The average molecular weight is 704 g/mol. The van der Waals surface area contributed by atoms with Crippen LogP contribution in [-0.2, 0) is 32.2 Å². The van der Waals surface area contributed by atoms with Gasteiger partial charge in [-0.15, -0.1) is 0 Å². The van der Waals surface area contributed by atoms with Crippen LogP contribution in [0.2, 0.25) is 0 Å². The van der Waals surface area contributed by atoms with Crippen molar-refractivity contribution in [3.05, 3.63) is 119 Å². The number of carbonyl (C=O) groups is 2. The number of nitrogens with one attached hydrogen (secondary N) is 1. The van der Waals surface area contributed by atoms with E-state index in [1.807, 2.05) is 60.7 Å². The maximum absolute atomic E-state index is 13.0. The second kappa shape index (κ2) is 15.5. The summed E-state index contributed by atoms with van der Waals surface area (Å²) in [6.45, 7) is 4.89. The number of nitrogens with zero attached hydrogens (tertiary/aromatic N) is 2. The number of amides is 2. The first-order valence-corrected chi connectivity index (χ1v) is 17.4. The van der Waals surface area contributed by atoms with Crippen molar-refractivity contribution < 1.29 is 37.3 Å². The van der Waals surface area contributed by atoms with E-state index in [2.05, 4.69) is 61.4 Å². The minimum Gasteiger partial charge on any atom is -0.392 e. The van der Waals surface area contributed by atoms with Crippen LogP contribution in [0.3, 0.4) is 0 Å². The number of benzene rings is 4. The van der Waals surface area contributed by atoms with E-state index >= 15 is 0 Å². The number of rotatable bonds is 10. The molecule has 0 unspecified atom stereocenters. The summed E-state index contributed by atoms with van der Waals surface area (Å²) >= 11 is 0. The lowest BCUT2D eigenvalue weighted by Gasteiger charge is -2.43. The van der Waals surface area contributed by atoms with Gasteiger partial charge in [0.2, 0.25) is 5.91 Å². The van der Waals surface area contributed by atoms with Crippen molar-refractivity contribution in [2.24, 2.45) is 5.92 Å². The third kappa shape index (κ3) is 8.28. The maximum Gasteiger partial charge on any atom is 0.471 e. The molecular weight excluding hydrogens is 659 g/mol. The highest BCUT2D eigenvalue weighted by Crippen LogP contribution is 2.42. The number of alkyl halides is 3. The van der Waals surface area contributed by atoms with Gasteiger partial charge in [0.15, 0.2) is 6.29 Å². The molecule has 0 aliphatic carbocycles. The van der Waals surface area contributed by atoms with Gasteiger partial charge >= 0.3 is 12.1 Å². The molecule has 2 heterocycles. The van der Waals surface area contributed by atoms with Crippen molar-refractivity contribution in [1.29, 1.82) is 0 Å². The topological polar surface area (TPSA) is 91.3 Å². The Morgan fingerprint density at radius 3 is 2.29 bits per heavy atom. The van der Waals surface area contributed by atoms with Gasteiger partial charge < -0.3 is 24.8 Å². The van der Waals surface area contributed by atoms with Gasteiger partial charge in [-0.25, -0.2) is 0 Å². The smallest absolute Gasteiger partial charge is 0.392 e. The molecule has 11 heteroatoms. The van der Waals surface area contributed by atoms with Crippen LogP contribution in [-0.4, -0.2) is 65.2 Å². The van der Waals surface area contributed by atoms with E-state index < -0.39 is 30.3 Å². The van der Waals surface area contributed by atoms with Crippen LogP contribution in [0.15, 0.2) is 91.0 Å². The molecule has 2 aliphatic heterocycles. The first-order chi connectivity index (χ1) is 24.4. The van der Waals surface area contributed by atoms with Gasteiger partial charge in [0.25, 0.3) is 0 Å². The molecular formula is C40H44F3N3O5. The van der Waals surface area contributed by atoms with Gasteiger partial charge in [0, 0.05) is 37.2 Å². The Bertz CT molecular complexity index is 1820. The second-order valence-electron chi connectivity index (χ2n) is 13.7. The molecule has 4 aromatic rings. The quantitative estimate of drug-likeness (QED) is 0.185. The summed E-state index contributed by atoms with van der Waals surface area (Å²) in [6, 6.07) is 28.9. The van der Waals surface area contributed by atoms with Crippen LogP contribution in [0.5, 0.6) is 0 Å². The predicted octanol–water partition coefficient (Wildman–Crippen LogP) is 6.99. The molecule has 2 N–H and O–H groups in total. The van der Waals surface area contributed by atoms with Crippen molar-refractivity contribution in [1.82, 2.24) is 15.1 Å². The summed E-state index contributed by atoms with van der Waals surface area (Å²) in [5.74, 6) is -2.61. The van der Waals surface area contributed by atoms with Crippen molar-refractivity contribution in [3.63, 3.8) is 0 Å². The van der Waals surface area contributed by atoms with Gasteiger partial charge in [-0.1, -0.05) is 91.9 Å². The summed E-state index contributed by atoms with van der Waals surface area (Å²) in [5.41, 5.74) is 4.51. The number of fused-ring (bicyclic) bond motifs is 1. The number of likely N-dealkylation sites (N-methyl/N-ethyl adjacent to an activating group) is 1. The Kier molecular flexibility index (Phi) is 11.1. The number of halogens is 3. The van der Waals surface area contributed by atoms with Crippen LogP contribution >= 0.6 is 0 Å². The van der Waals surface area contributed by atoms with Crippen molar-refractivity contribution in [3.8, 4) is 0 Å². The van der Waals surface area contributed by atoms with E-state index in [0.29, 0.717) is 17.9 Å². The largest absolute Gasteiger partial charge is 0.471 e. The highest BCUT2D eigenvalue weighted by molar-refractivity contribution is 5.90. The molecule has 270 valence electrons. The standard InChI is InChI=1S/C40H44F3N3O5/c1-25-35(23-45(3)26(2)32-19-18-29-7-4-5-8-33(29)21-32)50-38(51-36(25)30-14-12-28(24-47)13-15-30)31-16-10-27(11-17-31)22-44-37(48)34-9-6-20-46(34)39(49)40(41,42)43/h4-5,7-8,10-19,21,25-26,34-36,38,47H,6,9,20,22-24H2,1-3H3,(H,44,48)/t25-,26-,34+,35+,36+,38+/m1/s1. The SMILES string of the molecule is C[C@@H]1[C@H](CN(C)[C@H](C)c2ccc3ccccc3c2)O[C@H](c2ccc(CNC(=O)[C@@H]3CCCN3C(=O)C(F)(F)F)cc2)O[C@@H]1c1ccc(CO)cc1. The Hall–Kier alpha value is -4.29. The Balaban J connectivity index is 1.16. The summed E-state index contributed by atoms with van der Waals surface area (Å²) in [7, 11) is 2.10. The molecule has 2 fully saturated rings. The minimum atomic E-state index is -5.02. The van der Waals surface area contributed by atoms with Crippen molar-refractivity contribution in [2.45, 2.75) is 76.6 Å². The molecule has 8 nitrogen and oxygen atoms in total. The zero-order chi connectivity index (χ0) is 36.3. The third-order valence-electron chi connectivity index (χ3n) is 10.3. The molecule has 0 aromatic heterocycles. The fourth-order valence-electron chi connectivity index (χ4n) is 7.04. The molecule has 51 heavy (non-hydrogen) atoms. The van der Waals surface area contributed by atoms with E-state index in [1.165, 1.54) is 16.3 Å². The molecule has 4 aromatic carbocycles. The highest BCUT2D eigenvalue weighted by atomic mass is 19.4. The normalized spacial score (nSPS) is 23.1. The molecule has 2 saturated heterocycles. The fraction of sp³-hybridized carbons (Fsp3) is 0.400. The lowest BCUT2D eigenvalue weighted by molar-refractivity contribution is -0.276. The number of likely N-dealkylation sites (tertiary alicyclic amines) is 1. The van der Waals surface area contributed by atoms with Crippen LogP contribution < -0.4 is 5.32 Å². The van der Waals surface area contributed by atoms with Crippen molar-refractivity contribution >= 4 is 22.6 Å². The molecule has 0 saturated carbocycles. The van der Waals surface area contributed by atoms with E-state index in [-0.39, 0.29) is 50.3 Å². The van der Waals surface area contributed by atoms with Gasteiger partial charge in [0.05, 0.1) is 18.8 Å². The van der Waals surface area contributed by atoms with Gasteiger partial charge in [-0.3, -0.25) is 14.5 Å². The highest BCUT2D eigenvalue weighted by Gasteiger charge is 2.47. The summed E-state index contributed by atoms with van der Waals surface area (Å²) in [6.07, 6.45) is -5.69. The Labute approximate surface area is 296 Å². The zero-order valence-electron chi connectivity index (χ0n) is 29.0. The minimum absolute atomic E-state index is 0.0126. The van der Waals surface area contributed by atoms with E-state index in [4.69, 9.17) is 9.47 Å². The lowest BCUT2D eigenvalue weighted by atomic mass is 9.89. The van der Waals surface area contributed by atoms with Crippen LogP contribution in [0, 0.1) is 5.92 Å². The number of carbonyl (C=O) groups excluding carboxylic acids is 2. The number of ether oxygens (including phenoxy) is 2. The van der Waals surface area contributed by atoms with Crippen molar-refractivity contribution in [2.75, 3.05) is 20.1 Å². The average Bonchev–Trinajstić information content (AvgIpc) is 3.64. The van der Waals surface area contributed by atoms with Gasteiger partial charge in [0.1, 0.15) is 6.04 Å². The number of hydrogen-bond acceptors (Lipinski definition) is 6. The van der Waals surface area contributed by atoms with Crippen LogP contribution in [0.25, 0.3) is 10.8 Å². The molecule has 0 radical (unpaired) electrons. The zero-order valence-corrected chi connectivity index (χ0v) is 29.0. The summed E-state index contributed by atoms with van der Waals surface area (Å²) in [4.78, 5) is 27.5. The van der Waals surface area contributed by atoms with Crippen LogP contribution in [0.4, 0.5) is 13.2 Å². The number of aliphatic hydroxyl groups is 1. The predicted molar refractivity (Wildman–Crippen MR) is 187 cm³/mol.